The number of H-pyrrole nitrogens is 1. The summed E-state index contributed by atoms with van der Waals surface area (Å²) in [5.41, 5.74) is 1.77. The second-order valence-electron chi connectivity index (χ2n) is 7.91. The normalized spacial score (nSPS) is 13.7. The lowest BCUT2D eigenvalue weighted by molar-refractivity contribution is -0.274. The van der Waals surface area contributed by atoms with Crippen LogP contribution in [0.25, 0.3) is 22.0 Å². The number of ether oxygens (including phenoxy) is 2. The van der Waals surface area contributed by atoms with Gasteiger partial charge in [-0.15, -0.1) is 13.2 Å². The van der Waals surface area contributed by atoms with E-state index in [0.717, 1.165) is 12.1 Å². The summed E-state index contributed by atoms with van der Waals surface area (Å²) in [7, 11) is -1.43. The summed E-state index contributed by atoms with van der Waals surface area (Å²) in [6, 6.07) is 10.6. The van der Waals surface area contributed by atoms with Crippen LogP contribution in [-0.4, -0.2) is 47.4 Å². The molecule has 4 aromatic rings. The molecule has 2 amide bonds. The van der Waals surface area contributed by atoms with E-state index < -0.39 is 37.0 Å². The molecule has 9 nitrogen and oxygen atoms in total. The Bertz CT molecular complexity index is 1570. The number of rotatable bonds is 7. The number of carbonyl (C=O) groups is 2. The van der Waals surface area contributed by atoms with Gasteiger partial charge in [-0.1, -0.05) is 18.2 Å². The molecule has 0 saturated heterocycles. The number of methoxy groups -OCH3 is 1. The molecule has 0 bridgehead atoms. The van der Waals surface area contributed by atoms with Crippen LogP contribution in [0.15, 0.2) is 54.7 Å². The Morgan fingerprint density at radius 3 is 2.65 bits per heavy atom. The van der Waals surface area contributed by atoms with E-state index in [9.17, 15) is 22.8 Å². The smallest absolute Gasteiger partial charge is 0.480 e. The largest absolute Gasteiger partial charge is 0.573 e. The Balaban J connectivity index is 1.66. The maximum Gasteiger partial charge on any atom is 0.573 e. The van der Waals surface area contributed by atoms with Crippen molar-refractivity contribution < 1.29 is 36.3 Å². The van der Waals surface area contributed by atoms with Crippen LogP contribution < -0.4 is 20.1 Å². The molecule has 0 aliphatic heterocycles. The number of aromatic nitrogens is 3. The average molecular weight is 516 g/mol. The maximum atomic E-state index is 13.3. The van der Waals surface area contributed by atoms with Crippen LogP contribution in [0.3, 0.4) is 0 Å². The van der Waals surface area contributed by atoms with E-state index in [-0.39, 0.29) is 17.2 Å². The first kappa shape index (κ1) is 21.7. The molecule has 0 aliphatic carbocycles. The Labute approximate surface area is 213 Å². The molecule has 0 spiro atoms. The van der Waals surface area contributed by atoms with Gasteiger partial charge in [0, 0.05) is 24.2 Å². The number of halogens is 3. The third-order valence-corrected chi connectivity index (χ3v) is 5.47. The zero-order chi connectivity index (χ0) is 29.2. The molecule has 0 aliphatic rings. The number of amides is 2. The number of fused-ring (bicyclic) bond motifs is 1. The van der Waals surface area contributed by atoms with Crippen LogP contribution in [0.5, 0.6) is 11.6 Å². The summed E-state index contributed by atoms with van der Waals surface area (Å²) in [5.74, 6) is -2.09. The summed E-state index contributed by atoms with van der Waals surface area (Å²) in [5, 5.41) is 12.5. The zero-order valence-electron chi connectivity index (χ0n) is 22.4. The molecule has 3 N–H and O–H groups in total. The van der Waals surface area contributed by atoms with Crippen LogP contribution in [0.4, 0.5) is 13.2 Å². The number of nitrogens with zero attached hydrogens (tertiary/aromatic N) is 2. The topological polar surface area (TPSA) is 118 Å². The van der Waals surface area contributed by atoms with E-state index in [0.29, 0.717) is 27.6 Å². The molecular weight excluding hydrogens is 491 g/mol. The minimum Gasteiger partial charge on any atom is -0.480 e. The number of carbonyl (C=O) groups excluding carboxylic acids is 2. The summed E-state index contributed by atoms with van der Waals surface area (Å²) >= 11 is 0. The predicted octanol–water partition coefficient (Wildman–Crippen LogP) is 4.38. The number of nitrogens with one attached hydrogen (secondary N) is 3. The highest BCUT2D eigenvalue weighted by Gasteiger charge is 2.31. The minimum absolute atomic E-state index is 0.197. The van der Waals surface area contributed by atoms with Gasteiger partial charge in [0.05, 0.1) is 22.7 Å². The fourth-order valence-electron chi connectivity index (χ4n) is 3.68. The Hall–Kier alpha value is -4.61. The van der Waals surface area contributed by atoms with Crippen LogP contribution in [-0.2, 0) is 0 Å². The van der Waals surface area contributed by atoms with Gasteiger partial charge in [0.2, 0.25) is 5.88 Å². The maximum absolute atomic E-state index is 13.3. The first-order chi connectivity index (χ1) is 18.7. The van der Waals surface area contributed by atoms with E-state index >= 15 is 0 Å². The van der Waals surface area contributed by atoms with Gasteiger partial charge >= 0.3 is 6.36 Å². The monoisotopic (exact) mass is 516 g/mol. The summed E-state index contributed by atoms with van der Waals surface area (Å²) < 4.78 is 69.0. The molecule has 2 aromatic carbocycles. The van der Waals surface area contributed by atoms with Crippen molar-refractivity contribution >= 4 is 22.7 Å². The average Bonchev–Trinajstić information content (AvgIpc) is 3.30. The van der Waals surface area contributed by atoms with Crippen molar-refractivity contribution in [2.45, 2.75) is 19.3 Å². The van der Waals surface area contributed by atoms with E-state index in [1.165, 1.54) is 38.4 Å². The van der Waals surface area contributed by atoms with Gasteiger partial charge < -0.3 is 20.1 Å². The molecule has 192 valence electrons. The van der Waals surface area contributed by atoms with Gasteiger partial charge in [-0.2, -0.15) is 5.10 Å². The number of hydrogen-bond acceptors (Lipinski definition) is 6. The predicted molar refractivity (Wildman–Crippen MR) is 128 cm³/mol. The lowest BCUT2D eigenvalue weighted by Gasteiger charge is -2.17. The van der Waals surface area contributed by atoms with E-state index in [1.54, 1.807) is 18.2 Å². The molecule has 0 unspecified atom stereocenters. The highest BCUT2D eigenvalue weighted by Crippen LogP contribution is 2.29. The fourth-order valence-corrected chi connectivity index (χ4v) is 3.68. The standard InChI is InChI=1S/C25H22F3N5O4/c1-13(14-5-4-6-17(9-14)37-25(26,27)28)31-22(34)19-10-16(12-30-24(19)36-3)15-7-8-18-20(11-15)32-33-21(18)23(35)29-2/h4-13H,1-3H3,(H,29,35)(H,31,34)(H,32,33)/t13-/m0/s1/i3D3. The first-order valence-electron chi connectivity index (χ1n) is 12.3. The van der Waals surface area contributed by atoms with Crippen molar-refractivity contribution in [1.29, 1.82) is 0 Å². The Morgan fingerprint density at radius 2 is 1.92 bits per heavy atom. The summed E-state index contributed by atoms with van der Waals surface area (Å²) in [6.45, 7) is 1.53. The fraction of sp³-hybridized carbons (Fsp3) is 0.200. The molecule has 0 saturated carbocycles. The third-order valence-electron chi connectivity index (χ3n) is 5.47. The van der Waals surface area contributed by atoms with E-state index in [4.69, 9.17) is 8.85 Å². The third kappa shape index (κ3) is 5.63. The number of aromatic amines is 1. The van der Waals surface area contributed by atoms with Crippen molar-refractivity contribution in [3.8, 4) is 22.8 Å². The molecule has 2 aromatic heterocycles. The van der Waals surface area contributed by atoms with Gasteiger partial charge in [0.1, 0.15) is 11.3 Å². The van der Waals surface area contributed by atoms with Gasteiger partial charge in [0.15, 0.2) is 5.69 Å². The van der Waals surface area contributed by atoms with Crippen LogP contribution in [0.1, 0.15) is 43.5 Å². The Kier molecular flexibility index (Phi) is 5.95. The van der Waals surface area contributed by atoms with Gasteiger partial charge in [-0.05, 0) is 48.4 Å². The van der Waals surface area contributed by atoms with Gasteiger partial charge in [-0.25, -0.2) is 4.98 Å². The molecule has 0 radical (unpaired) electrons. The molecule has 2 heterocycles. The number of hydrogen-bond donors (Lipinski definition) is 3. The van der Waals surface area contributed by atoms with Crippen molar-refractivity contribution in [3.63, 3.8) is 0 Å². The SMILES string of the molecule is [2H]C([2H])([2H])Oc1ncc(-c2ccc3c(C(=O)NC)n[nH]c3c2)cc1C(=O)N[C@@H](C)c1cccc(OC(F)(F)F)c1. The van der Waals surface area contributed by atoms with E-state index in [1.807, 2.05) is 0 Å². The van der Waals surface area contributed by atoms with Crippen molar-refractivity contribution in [2.75, 3.05) is 14.1 Å². The van der Waals surface area contributed by atoms with Crippen molar-refractivity contribution in [3.05, 3.63) is 71.5 Å². The zero-order valence-corrected chi connectivity index (χ0v) is 19.4. The molecule has 0 fully saturated rings. The number of alkyl halides is 3. The Morgan fingerprint density at radius 1 is 1.11 bits per heavy atom. The second kappa shape index (κ2) is 10.2. The highest BCUT2D eigenvalue weighted by molar-refractivity contribution is 6.05. The quantitative estimate of drug-likeness (QED) is 0.336. The summed E-state index contributed by atoms with van der Waals surface area (Å²) in [4.78, 5) is 29.3. The number of pyridine rings is 1. The van der Waals surface area contributed by atoms with Crippen LogP contribution >= 0.6 is 0 Å². The molecule has 1 atom stereocenters. The van der Waals surface area contributed by atoms with Crippen LogP contribution in [0.2, 0.25) is 0 Å². The first-order valence-corrected chi connectivity index (χ1v) is 10.8. The second-order valence-corrected chi connectivity index (χ2v) is 7.91. The van der Waals surface area contributed by atoms with E-state index in [2.05, 4.69) is 30.6 Å². The molecule has 4 rings (SSSR count). The highest BCUT2D eigenvalue weighted by atomic mass is 19.4. The van der Waals surface area contributed by atoms with Crippen LogP contribution in [0, 0.1) is 0 Å². The molecular formula is C25H22F3N5O4. The minimum atomic E-state index is -4.89. The molecule has 37 heavy (non-hydrogen) atoms. The van der Waals surface area contributed by atoms with Crippen molar-refractivity contribution in [1.82, 2.24) is 25.8 Å². The lowest BCUT2D eigenvalue weighted by atomic mass is 10.0. The number of benzene rings is 2. The van der Waals surface area contributed by atoms with Gasteiger partial charge in [-0.3, -0.25) is 14.7 Å². The van der Waals surface area contributed by atoms with Crippen molar-refractivity contribution in [2.24, 2.45) is 0 Å². The summed E-state index contributed by atoms with van der Waals surface area (Å²) in [6.07, 6.45) is -3.57. The lowest BCUT2D eigenvalue weighted by Crippen LogP contribution is -2.27. The van der Waals surface area contributed by atoms with Gasteiger partial charge in [0.25, 0.3) is 11.8 Å². The molecule has 12 heteroatoms.